The molecule has 0 aliphatic heterocycles. The number of hydrogen-bond acceptors (Lipinski definition) is 5. The molecule has 4 nitrogen and oxygen atoms in total. The van der Waals surface area contributed by atoms with Crippen molar-refractivity contribution in [2.75, 3.05) is 18.1 Å². The molecule has 0 aromatic carbocycles. The molecule has 0 radical (unpaired) electrons. The van der Waals surface area contributed by atoms with E-state index in [2.05, 4.69) is 9.97 Å². The van der Waals surface area contributed by atoms with Crippen LogP contribution in [0, 0.1) is 5.92 Å². The number of nitrogen functional groups attached to an aromatic ring is 1. The summed E-state index contributed by atoms with van der Waals surface area (Å²) in [7, 11) is 0. The van der Waals surface area contributed by atoms with Gasteiger partial charge in [-0.1, -0.05) is 6.92 Å². The Morgan fingerprint density at radius 3 is 2.85 bits per heavy atom. The second-order valence-corrected chi connectivity index (χ2v) is 3.85. The number of hydrogen-bond donors (Lipinski definition) is 2. The molecule has 0 bridgehead atoms. The third-order valence-electron chi connectivity index (χ3n) is 1.51. The smallest absolute Gasteiger partial charge is 0.156 e. The summed E-state index contributed by atoms with van der Waals surface area (Å²) in [6.07, 6.45) is 3.18. The molecule has 1 heterocycles. The second-order valence-electron chi connectivity index (χ2n) is 2.85. The lowest BCUT2D eigenvalue weighted by Gasteiger charge is -2.06. The highest BCUT2D eigenvalue weighted by atomic mass is 32.2. The SMILES string of the molecule is CC(CO)CSc1nccnc1N. The topological polar surface area (TPSA) is 72.0 Å². The monoisotopic (exact) mass is 199 g/mol. The predicted octanol–water partition coefficient (Wildman–Crippen LogP) is 0.779. The number of nitrogens with zero attached hydrogens (tertiary/aromatic N) is 2. The van der Waals surface area contributed by atoms with Gasteiger partial charge in [0.15, 0.2) is 5.82 Å². The Morgan fingerprint density at radius 1 is 1.54 bits per heavy atom. The Kier molecular flexibility index (Phi) is 3.98. The highest BCUT2D eigenvalue weighted by molar-refractivity contribution is 7.99. The summed E-state index contributed by atoms with van der Waals surface area (Å²) < 4.78 is 0. The van der Waals surface area contributed by atoms with Crippen LogP contribution in [-0.4, -0.2) is 27.4 Å². The molecule has 0 fully saturated rings. The number of aromatic nitrogens is 2. The average Bonchev–Trinajstić information content (AvgIpc) is 2.16. The van der Waals surface area contributed by atoms with Crippen molar-refractivity contribution in [2.24, 2.45) is 5.92 Å². The van der Waals surface area contributed by atoms with Crippen molar-refractivity contribution in [2.45, 2.75) is 11.9 Å². The van der Waals surface area contributed by atoms with Crippen LogP contribution in [0.2, 0.25) is 0 Å². The van der Waals surface area contributed by atoms with Crippen LogP contribution in [-0.2, 0) is 0 Å². The van der Waals surface area contributed by atoms with E-state index in [0.29, 0.717) is 5.82 Å². The van der Waals surface area contributed by atoms with Gasteiger partial charge in [0, 0.05) is 24.8 Å². The lowest BCUT2D eigenvalue weighted by molar-refractivity contribution is 0.250. The van der Waals surface area contributed by atoms with Crippen molar-refractivity contribution in [1.29, 1.82) is 0 Å². The molecular weight excluding hydrogens is 186 g/mol. The average molecular weight is 199 g/mol. The molecule has 1 aromatic rings. The molecule has 0 saturated carbocycles. The molecule has 3 N–H and O–H groups in total. The summed E-state index contributed by atoms with van der Waals surface area (Å²) in [5, 5.41) is 9.54. The van der Waals surface area contributed by atoms with Crippen LogP contribution in [0.25, 0.3) is 0 Å². The Hall–Kier alpha value is -0.810. The van der Waals surface area contributed by atoms with E-state index in [1.165, 1.54) is 11.8 Å². The van der Waals surface area contributed by atoms with Crippen LogP contribution in [0.5, 0.6) is 0 Å². The molecule has 1 aromatic heterocycles. The van der Waals surface area contributed by atoms with Gasteiger partial charge in [0.1, 0.15) is 5.03 Å². The third-order valence-corrected chi connectivity index (χ3v) is 2.83. The highest BCUT2D eigenvalue weighted by Crippen LogP contribution is 2.21. The Balaban J connectivity index is 2.50. The molecule has 0 saturated heterocycles. The fourth-order valence-electron chi connectivity index (χ4n) is 0.721. The normalized spacial score (nSPS) is 12.8. The van der Waals surface area contributed by atoms with Gasteiger partial charge in [0.05, 0.1) is 0 Å². The second kappa shape index (κ2) is 5.04. The number of rotatable bonds is 4. The van der Waals surface area contributed by atoms with Crippen molar-refractivity contribution in [1.82, 2.24) is 9.97 Å². The fourth-order valence-corrected chi connectivity index (χ4v) is 1.60. The van der Waals surface area contributed by atoms with Crippen LogP contribution in [0.3, 0.4) is 0 Å². The Morgan fingerprint density at radius 2 is 2.23 bits per heavy atom. The van der Waals surface area contributed by atoms with E-state index in [9.17, 15) is 0 Å². The number of anilines is 1. The molecule has 5 heteroatoms. The summed E-state index contributed by atoms with van der Waals surface area (Å²) >= 11 is 1.52. The molecule has 0 aliphatic rings. The lowest BCUT2D eigenvalue weighted by Crippen LogP contribution is -2.04. The fraction of sp³-hybridized carbons (Fsp3) is 0.500. The van der Waals surface area contributed by atoms with Crippen LogP contribution in [0.15, 0.2) is 17.4 Å². The first kappa shape index (κ1) is 10.3. The van der Waals surface area contributed by atoms with Crippen molar-refractivity contribution in [3.05, 3.63) is 12.4 Å². The zero-order valence-electron chi connectivity index (χ0n) is 7.47. The summed E-state index contributed by atoms with van der Waals surface area (Å²) in [5.74, 6) is 1.52. The number of nitrogens with two attached hydrogens (primary N) is 1. The van der Waals surface area contributed by atoms with Gasteiger partial charge in [-0.25, -0.2) is 9.97 Å². The maximum Gasteiger partial charge on any atom is 0.156 e. The van der Waals surface area contributed by atoms with Gasteiger partial charge < -0.3 is 10.8 Å². The standard InChI is InChI=1S/C8H13N3OS/c1-6(4-12)5-13-8-7(9)10-2-3-11-8/h2-3,6,12H,4-5H2,1H3,(H2,9,10). The molecule has 0 amide bonds. The van der Waals surface area contributed by atoms with Gasteiger partial charge in [-0.2, -0.15) is 0 Å². The summed E-state index contributed by atoms with van der Waals surface area (Å²) in [6.45, 7) is 2.16. The quantitative estimate of drug-likeness (QED) is 0.701. The van der Waals surface area contributed by atoms with Crippen molar-refractivity contribution in [3.8, 4) is 0 Å². The molecular formula is C8H13N3OS. The van der Waals surface area contributed by atoms with E-state index >= 15 is 0 Å². The van der Waals surface area contributed by atoms with E-state index in [1.807, 2.05) is 6.92 Å². The summed E-state index contributed by atoms with van der Waals surface area (Å²) in [5.41, 5.74) is 5.59. The van der Waals surface area contributed by atoms with Crippen molar-refractivity contribution < 1.29 is 5.11 Å². The van der Waals surface area contributed by atoms with Gasteiger partial charge in [-0.3, -0.25) is 0 Å². The van der Waals surface area contributed by atoms with Gasteiger partial charge in [0.25, 0.3) is 0 Å². The minimum atomic E-state index is 0.188. The lowest BCUT2D eigenvalue weighted by atomic mass is 10.2. The minimum Gasteiger partial charge on any atom is -0.396 e. The number of aliphatic hydroxyl groups is 1. The molecule has 1 rings (SSSR count). The van der Waals surface area contributed by atoms with E-state index in [4.69, 9.17) is 10.8 Å². The summed E-state index contributed by atoms with van der Waals surface area (Å²) in [4.78, 5) is 7.99. The van der Waals surface area contributed by atoms with Crippen molar-refractivity contribution >= 4 is 17.6 Å². The molecule has 0 aliphatic carbocycles. The summed E-state index contributed by atoms with van der Waals surface area (Å²) in [6, 6.07) is 0. The first-order chi connectivity index (χ1) is 6.24. The van der Waals surface area contributed by atoms with Crippen LogP contribution in [0.4, 0.5) is 5.82 Å². The minimum absolute atomic E-state index is 0.188. The van der Waals surface area contributed by atoms with Crippen LogP contribution < -0.4 is 5.73 Å². The number of thioether (sulfide) groups is 1. The molecule has 72 valence electrons. The zero-order chi connectivity index (χ0) is 9.68. The third kappa shape index (κ3) is 3.20. The van der Waals surface area contributed by atoms with Gasteiger partial charge >= 0.3 is 0 Å². The first-order valence-electron chi connectivity index (χ1n) is 4.04. The molecule has 1 atom stereocenters. The maximum absolute atomic E-state index is 8.80. The van der Waals surface area contributed by atoms with E-state index in [0.717, 1.165) is 10.8 Å². The van der Waals surface area contributed by atoms with E-state index in [-0.39, 0.29) is 12.5 Å². The Bertz CT molecular complexity index is 269. The largest absolute Gasteiger partial charge is 0.396 e. The van der Waals surface area contributed by atoms with Gasteiger partial charge in [-0.15, -0.1) is 11.8 Å². The number of aliphatic hydroxyl groups excluding tert-OH is 1. The van der Waals surface area contributed by atoms with E-state index < -0.39 is 0 Å². The zero-order valence-corrected chi connectivity index (χ0v) is 8.29. The molecule has 1 unspecified atom stereocenters. The van der Waals surface area contributed by atoms with Gasteiger partial charge in [-0.05, 0) is 5.92 Å². The maximum atomic E-state index is 8.80. The van der Waals surface area contributed by atoms with E-state index in [1.54, 1.807) is 12.4 Å². The van der Waals surface area contributed by atoms with Crippen LogP contribution in [0.1, 0.15) is 6.92 Å². The molecule has 0 spiro atoms. The van der Waals surface area contributed by atoms with Crippen molar-refractivity contribution in [3.63, 3.8) is 0 Å². The molecule has 13 heavy (non-hydrogen) atoms. The Labute approximate surface area is 81.6 Å². The first-order valence-corrected chi connectivity index (χ1v) is 5.02. The predicted molar refractivity (Wildman–Crippen MR) is 53.4 cm³/mol. The highest BCUT2D eigenvalue weighted by Gasteiger charge is 2.05. The van der Waals surface area contributed by atoms with Crippen LogP contribution >= 0.6 is 11.8 Å². The van der Waals surface area contributed by atoms with Gasteiger partial charge in [0.2, 0.25) is 0 Å².